The molecule has 3 heteroatoms. The molecule has 0 radical (unpaired) electrons. The van der Waals surface area contributed by atoms with Crippen LogP contribution in [0, 0.1) is 5.92 Å². The van der Waals surface area contributed by atoms with E-state index in [1.54, 1.807) is 0 Å². The van der Waals surface area contributed by atoms with Crippen LogP contribution < -0.4 is 10.6 Å². The molecule has 2 rings (SSSR count). The van der Waals surface area contributed by atoms with Crippen molar-refractivity contribution in [3.8, 4) is 0 Å². The van der Waals surface area contributed by atoms with Crippen LogP contribution >= 0.6 is 0 Å². The van der Waals surface area contributed by atoms with Gasteiger partial charge in [-0.15, -0.1) is 0 Å². The fourth-order valence-electron chi connectivity index (χ4n) is 2.56. The predicted octanol–water partition coefficient (Wildman–Crippen LogP) is 2.71. The van der Waals surface area contributed by atoms with Crippen LogP contribution in [0.3, 0.4) is 0 Å². The zero-order chi connectivity index (χ0) is 14.6. The SMILES string of the molecule is CC(C)(C)c1ccc(C(=O)NCC2CCCNC2)cc1. The summed E-state index contributed by atoms with van der Waals surface area (Å²) in [6.07, 6.45) is 2.41. The Balaban J connectivity index is 1.89. The van der Waals surface area contributed by atoms with Crippen LogP contribution in [-0.4, -0.2) is 25.5 Å². The highest BCUT2D eigenvalue weighted by atomic mass is 16.1. The number of nitrogens with one attached hydrogen (secondary N) is 2. The number of carbonyl (C=O) groups excluding carboxylic acids is 1. The second-order valence-electron chi connectivity index (χ2n) is 6.75. The molecule has 0 saturated carbocycles. The van der Waals surface area contributed by atoms with Crippen LogP contribution in [0.5, 0.6) is 0 Å². The summed E-state index contributed by atoms with van der Waals surface area (Å²) in [7, 11) is 0. The minimum atomic E-state index is 0.0380. The number of hydrogen-bond acceptors (Lipinski definition) is 2. The van der Waals surface area contributed by atoms with Gasteiger partial charge in [0.1, 0.15) is 0 Å². The minimum absolute atomic E-state index is 0.0380. The molecule has 1 fully saturated rings. The topological polar surface area (TPSA) is 41.1 Å². The highest BCUT2D eigenvalue weighted by Crippen LogP contribution is 2.22. The van der Waals surface area contributed by atoms with E-state index in [1.807, 2.05) is 12.1 Å². The molecule has 110 valence electrons. The first kappa shape index (κ1) is 15.0. The van der Waals surface area contributed by atoms with Crippen LogP contribution in [0.15, 0.2) is 24.3 Å². The van der Waals surface area contributed by atoms with E-state index < -0.39 is 0 Å². The zero-order valence-electron chi connectivity index (χ0n) is 12.8. The van der Waals surface area contributed by atoms with Gasteiger partial charge in [0.05, 0.1) is 0 Å². The lowest BCUT2D eigenvalue weighted by Gasteiger charge is -2.23. The van der Waals surface area contributed by atoms with E-state index in [4.69, 9.17) is 0 Å². The summed E-state index contributed by atoms with van der Waals surface area (Å²) in [5, 5.41) is 6.42. The highest BCUT2D eigenvalue weighted by molar-refractivity contribution is 5.94. The lowest BCUT2D eigenvalue weighted by molar-refractivity contribution is 0.0945. The van der Waals surface area contributed by atoms with Crippen LogP contribution in [0.4, 0.5) is 0 Å². The monoisotopic (exact) mass is 274 g/mol. The summed E-state index contributed by atoms with van der Waals surface area (Å²) in [4.78, 5) is 12.1. The number of piperidine rings is 1. The molecule has 1 aliphatic rings. The Hall–Kier alpha value is -1.35. The van der Waals surface area contributed by atoms with E-state index in [0.717, 1.165) is 25.2 Å². The van der Waals surface area contributed by atoms with Gasteiger partial charge in [-0.25, -0.2) is 0 Å². The summed E-state index contributed by atoms with van der Waals surface area (Å²) in [6, 6.07) is 7.96. The van der Waals surface area contributed by atoms with E-state index in [2.05, 4.69) is 43.5 Å². The quantitative estimate of drug-likeness (QED) is 0.890. The maximum Gasteiger partial charge on any atom is 0.251 e. The van der Waals surface area contributed by atoms with Crippen LogP contribution in [-0.2, 0) is 5.41 Å². The lowest BCUT2D eigenvalue weighted by Crippen LogP contribution is -2.38. The normalized spacial score (nSPS) is 19.6. The molecule has 0 spiro atoms. The fraction of sp³-hybridized carbons (Fsp3) is 0.588. The lowest BCUT2D eigenvalue weighted by atomic mass is 9.86. The largest absolute Gasteiger partial charge is 0.352 e. The van der Waals surface area contributed by atoms with E-state index >= 15 is 0 Å². The summed E-state index contributed by atoms with van der Waals surface area (Å²) in [5.41, 5.74) is 2.13. The third-order valence-corrected chi connectivity index (χ3v) is 3.96. The van der Waals surface area contributed by atoms with Gasteiger partial charge >= 0.3 is 0 Å². The van der Waals surface area contributed by atoms with Gasteiger partial charge in [-0.1, -0.05) is 32.9 Å². The molecule has 3 nitrogen and oxygen atoms in total. The summed E-state index contributed by atoms with van der Waals surface area (Å²) in [5.74, 6) is 0.609. The molecule has 1 atom stereocenters. The minimum Gasteiger partial charge on any atom is -0.352 e. The van der Waals surface area contributed by atoms with Crippen molar-refractivity contribution in [3.63, 3.8) is 0 Å². The first-order valence-corrected chi connectivity index (χ1v) is 7.56. The number of hydrogen-bond donors (Lipinski definition) is 2. The molecule has 0 aromatic heterocycles. The Morgan fingerprint density at radius 3 is 2.55 bits per heavy atom. The van der Waals surface area contributed by atoms with Crippen molar-refractivity contribution in [2.45, 2.75) is 39.0 Å². The van der Waals surface area contributed by atoms with Gasteiger partial charge in [0.25, 0.3) is 5.91 Å². The molecule has 20 heavy (non-hydrogen) atoms. The van der Waals surface area contributed by atoms with Gasteiger partial charge in [0.2, 0.25) is 0 Å². The van der Waals surface area contributed by atoms with Gasteiger partial charge in [-0.3, -0.25) is 4.79 Å². The van der Waals surface area contributed by atoms with Crippen molar-refractivity contribution in [2.24, 2.45) is 5.92 Å². The zero-order valence-corrected chi connectivity index (χ0v) is 12.8. The van der Waals surface area contributed by atoms with Gasteiger partial charge in [0, 0.05) is 12.1 Å². The Morgan fingerprint density at radius 2 is 2.00 bits per heavy atom. The third-order valence-electron chi connectivity index (χ3n) is 3.96. The Labute approximate surface area is 122 Å². The van der Waals surface area contributed by atoms with Crippen LogP contribution in [0.2, 0.25) is 0 Å². The van der Waals surface area contributed by atoms with E-state index in [1.165, 1.54) is 18.4 Å². The maximum atomic E-state index is 12.1. The fourth-order valence-corrected chi connectivity index (χ4v) is 2.56. The molecular weight excluding hydrogens is 248 g/mol. The summed E-state index contributed by atoms with van der Waals surface area (Å²) >= 11 is 0. The Bertz CT molecular complexity index is 439. The Kier molecular flexibility index (Phi) is 4.81. The van der Waals surface area contributed by atoms with E-state index in [0.29, 0.717) is 5.92 Å². The number of carbonyl (C=O) groups is 1. The first-order chi connectivity index (χ1) is 9.47. The molecule has 1 heterocycles. The molecule has 0 bridgehead atoms. The van der Waals surface area contributed by atoms with Crippen molar-refractivity contribution in [1.82, 2.24) is 10.6 Å². The van der Waals surface area contributed by atoms with Crippen LogP contribution in [0.1, 0.15) is 49.5 Å². The summed E-state index contributed by atoms with van der Waals surface area (Å²) in [6.45, 7) is 9.43. The van der Waals surface area contributed by atoms with Crippen molar-refractivity contribution >= 4 is 5.91 Å². The first-order valence-electron chi connectivity index (χ1n) is 7.56. The molecule has 1 aromatic rings. The standard InChI is InChI=1S/C17H26N2O/c1-17(2,3)15-8-6-14(7-9-15)16(20)19-12-13-5-4-10-18-11-13/h6-9,13,18H,4-5,10-12H2,1-3H3,(H,19,20). The van der Waals surface area contributed by atoms with Gasteiger partial charge in [-0.05, 0) is 55.0 Å². The second kappa shape index (κ2) is 6.40. The Morgan fingerprint density at radius 1 is 1.30 bits per heavy atom. The second-order valence-corrected chi connectivity index (χ2v) is 6.75. The van der Waals surface area contributed by atoms with Crippen LogP contribution in [0.25, 0.3) is 0 Å². The molecule has 1 amide bonds. The predicted molar refractivity (Wildman–Crippen MR) is 83.1 cm³/mol. The molecule has 1 aromatic carbocycles. The number of rotatable bonds is 3. The van der Waals surface area contributed by atoms with Crippen molar-refractivity contribution in [1.29, 1.82) is 0 Å². The average molecular weight is 274 g/mol. The average Bonchev–Trinajstić information content (AvgIpc) is 2.45. The summed E-state index contributed by atoms with van der Waals surface area (Å²) < 4.78 is 0. The molecule has 1 saturated heterocycles. The molecule has 0 aliphatic carbocycles. The van der Waals surface area contributed by atoms with Crippen molar-refractivity contribution in [2.75, 3.05) is 19.6 Å². The number of benzene rings is 1. The molecule has 1 aliphatic heterocycles. The van der Waals surface area contributed by atoms with E-state index in [-0.39, 0.29) is 11.3 Å². The molecule has 1 unspecified atom stereocenters. The van der Waals surface area contributed by atoms with Gasteiger partial charge < -0.3 is 10.6 Å². The van der Waals surface area contributed by atoms with Crippen molar-refractivity contribution in [3.05, 3.63) is 35.4 Å². The van der Waals surface area contributed by atoms with Gasteiger partial charge in [-0.2, -0.15) is 0 Å². The maximum absolute atomic E-state index is 12.1. The smallest absolute Gasteiger partial charge is 0.251 e. The highest BCUT2D eigenvalue weighted by Gasteiger charge is 2.16. The molecule has 2 N–H and O–H groups in total. The van der Waals surface area contributed by atoms with E-state index in [9.17, 15) is 4.79 Å². The third kappa shape index (κ3) is 4.07. The molecular formula is C17H26N2O. The number of amides is 1. The van der Waals surface area contributed by atoms with Crippen molar-refractivity contribution < 1.29 is 4.79 Å². The van der Waals surface area contributed by atoms with Gasteiger partial charge in [0.15, 0.2) is 0 Å².